The summed E-state index contributed by atoms with van der Waals surface area (Å²) in [5, 5.41) is 11.9. The minimum absolute atomic E-state index is 0.415. The monoisotopic (exact) mass is 326 g/mol. The van der Waals surface area contributed by atoms with E-state index in [9.17, 15) is 23.3 Å². The average molecular weight is 327 g/mol. The van der Waals surface area contributed by atoms with Crippen molar-refractivity contribution in [2.24, 2.45) is 0 Å². The number of aromatic nitrogens is 2. The molecule has 0 aliphatic heterocycles. The minimum Gasteiger partial charge on any atom is -0.378 e. The lowest BCUT2D eigenvalue weighted by atomic mass is 10.2. The fourth-order valence-electron chi connectivity index (χ4n) is 1.45. The zero-order valence-corrected chi connectivity index (χ0v) is 10.7. The zero-order chi connectivity index (χ0) is 15.2. The molecule has 6 nitrogen and oxygen atoms in total. The SMILES string of the molecule is Nc1c([N+](=O)[O-])cnn1-c1c(F)c(F)c(Cl)c(F)c1Cl. The fraction of sp³-hybridized carbons (Fsp3) is 0. The summed E-state index contributed by atoms with van der Waals surface area (Å²) in [6.45, 7) is 0. The molecule has 0 aliphatic rings. The molecule has 1 aromatic carbocycles. The Morgan fingerprint density at radius 3 is 2.30 bits per heavy atom. The number of hydrogen-bond acceptors (Lipinski definition) is 4. The highest BCUT2D eigenvalue weighted by Crippen LogP contribution is 2.36. The number of nitrogens with zero attached hydrogens (tertiary/aromatic N) is 3. The maximum atomic E-state index is 13.8. The zero-order valence-electron chi connectivity index (χ0n) is 9.20. The van der Waals surface area contributed by atoms with Crippen LogP contribution < -0.4 is 5.73 Å². The first kappa shape index (κ1) is 14.4. The molecule has 0 amide bonds. The van der Waals surface area contributed by atoms with Gasteiger partial charge in [0.15, 0.2) is 17.5 Å². The van der Waals surface area contributed by atoms with E-state index >= 15 is 0 Å². The summed E-state index contributed by atoms with van der Waals surface area (Å²) in [6, 6.07) is 0. The lowest BCUT2D eigenvalue weighted by Gasteiger charge is -2.10. The van der Waals surface area contributed by atoms with Crippen molar-refractivity contribution in [3.8, 4) is 5.69 Å². The van der Waals surface area contributed by atoms with Crippen LogP contribution in [0.3, 0.4) is 0 Å². The van der Waals surface area contributed by atoms with Gasteiger partial charge in [-0.15, -0.1) is 0 Å². The lowest BCUT2D eigenvalue weighted by Crippen LogP contribution is -2.09. The molecule has 20 heavy (non-hydrogen) atoms. The first-order valence-corrected chi connectivity index (χ1v) is 5.52. The molecular weight excluding hydrogens is 324 g/mol. The van der Waals surface area contributed by atoms with Gasteiger partial charge in [0.05, 0.1) is 4.92 Å². The maximum absolute atomic E-state index is 13.8. The third-order valence-corrected chi connectivity index (χ3v) is 3.06. The van der Waals surface area contributed by atoms with Crippen molar-refractivity contribution in [1.29, 1.82) is 0 Å². The number of benzene rings is 1. The Labute approximate surface area is 118 Å². The third-order valence-electron chi connectivity index (χ3n) is 2.38. The molecule has 1 aromatic heterocycles. The van der Waals surface area contributed by atoms with Gasteiger partial charge in [0.2, 0.25) is 5.82 Å². The molecule has 0 atom stereocenters. The van der Waals surface area contributed by atoms with Gasteiger partial charge in [-0.25, -0.2) is 17.9 Å². The molecule has 1 heterocycles. The number of nitro groups is 1. The van der Waals surface area contributed by atoms with Gasteiger partial charge < -0.3 is 5.73 Å². The van der Waals surface area contributed by atoms with Crippen LogP contribution in [0.5, 0.6) is 0 Å². The highest BCUT2D eigenvalue weighted by atomic mass is 35.5. The molecule has 0 saturated carbocycles. The van der Waals surface area contributed by atoms with Crippen molar-refractivity contribution >= 4 is 34.7 Å². The average Bonchev–Trinajstić information content (AvgIpc) is 2.77. The van der Waals surface area contributed by atoms with Gasteiger partial charge in [0.25, 0.3) is 0 Å². The number of anilines is 1. The van der Waals surface area contributed by atoms with E-state index in [0.717, 1.165) is 0 Å². The van der Waals surface area contributed by atoms with E-state index < -0.39 is 49.6 Å². The van der Waals surface area contributed by atoms with Gasteiger partial charge in [-0.2, -0.15) is 5.10 Å². The van der Waals surface area contributed by atoms with E-state index in [1.165, 1.54) is 0 Å². The van der Waals surface area contributed by atoms with Gasteiger partial charge >= 0.3 is 5.69 Å². The second-order valence-electron chi connectivity index (χ2n) is 3.50. The smallest absolute Gasteiger partial charge is 0.331 e. The molecular formula is C9H3Cl2F3N4O2. The van der Waals surface area contributed by atoms with Crippen molar-refractivity contribution < 1.29 is 18.1 Å². The van der Waals surface area contributed by atoms with E-state index in [-0.39, 0.29) is 0 Å². The summed E-state index contributed by atoms with van der Waals surface area (Å²) in [4.78, 5) is 9.70. The normalized spacial score (nSPS) is 10.8. The van der Waals surface area contributed by atoms with Crippen LogP contribution in [0, 0.1) is 27.6 Å². The Kier molecular flexibility index (Phi) is 3.48. The standard InChI is InChI=1S/C9H3Cl2F3N4O2/c10-3-5(12)4(11)8(7(14)6(3)13)17-9(15)2(1-16-17)18(19)20/h1H,15H2. The molecule has 0 spiro atoms. The number of nitrogen functional groups attached to an aromatic ring is 1. The molecule has 106 valence electrons. The summed E-state index contributed by atoms with van der Waals surface area (Å²) >= 11 is 10.7. The van der Waals surface area contributed by atoms with Crippen LogP contribution in [0.1, 0.15) is 0 Å². The number of nitrogens with two attached hydrogens (primary N) is 1. The van der Waals surface area contributed by atoms with Gasteiger partial charge in [-0.05, 0) is 0 Å². The molecule has 0 saturated heterocycles. The van der Waals surface area contributed by atoms with Crippen LogP contribution in [0.25, 0.3) is 5.69 Å². The van der Waals surface area contributed by atoms with Crippen LogP contribution in [-0.4, -0.2) is 14.7 Å². The van der Waals surface area contributed by atoms with Crippen LogP contribution in [0.15, 0.2) is 6.20 Å². The van der Waals surface area contributed by atoms with Crippen molar-refractivity contribution in [3.05, 3.63) is 43.8 Å². The highest BCUT2D eigenvalue weighted by molar-refractivity contribution is 6.36. The fourth-order valence-corrected chi connectivity index (χ4v) is 1.93. The third kappa shape index (κ3) is 1.95. The number of halogens is 5. The predicted molar refractivity (Wildman–Crippen MR) is 64.5 cm³/mol. The van der Waals surface area contributed by atoms with Crippen molar-refractivity contribution in [2.45, 2.75) is 0 Å². The Hall–Kier alpha value is -2.00. The quantitative estimate of drug-likeness (QED) is 0.397. The highest BCUT2D eigenvalue weighted by Gasteiger charge is 2.28. The second-order valence-corrected chi connectivity index (χ2v) is 4.26. The van der Waals surface area contributed by atoms with Crippen molar-refractivity contribution in [2.75, 3.05) is 5.73 Å². The van der Waals surface area contributed by atoms with E-state index in [1.54, 1.807) is 0 Å². The van der Waals surface area contributed by atoms with E-state index in [1.807, 2.05) is 0 Å². The molecule has 11 heteroatoms. The summed E-state index contributed by atoms with van der Waals surface area (Å²) in [5.74, 6) is -5.41. The first-order valence-electron chi connectivity index (χ1n) is 4.77. The van der Waals surface area contributed by atoms with Crippen LogP contribution in [0.4, 0.5) is 24.7 Å². The van der Waals surface area contributed by atoms with Crippen LogP contribution >= 0.6 is 23.2 Å². The minimum atomic E-state index is -1.71. The van der Waals surface area contributed by atoms with Gasteiger partial charge in [0.1, 0.15) is 21.9 Å². The van der Waals surface area contributed by atoms with E-state index in [0.29, 0.717) is 10.9 Å². The lowest BCUT2D eigenvalue weighted by molar-refractivity contribution is -0.383. The first-order chi connectivity index (χ1) is 9.27. The Morgan fingerprint density at radius 1 is 1.20 bits per heavy atom. The molecule has 0 fully saturated rings. The van der Waals surface area contributed by atoms with Gasteiger partial charge in [0, 0.05) is 0 Å². The van der Waals surface area contributed by atoms with Crippen molar-refractivity contribution in [1.82, 2.24) is 9.78 Å². The largest absolute Gasteiger partial charge is 0.378 e. The van der Waals surface area contributed by atoms with E-state index in [2.05, 4.69) is 5.10 Å². The predicted octanol–water partition coefficient (Wildman–Crippen LogP) is 3.09. The molecule has 2 N–H and O–H groups in total. The van der Waals surface area contributed by atoms with Crippen LogP contribution in [-0.2, 0) is 0 Å². The molecule has 0 radical (unpaired) electrons. The maximum Gasteiger partial charge on any atom is 0.331 e. The van der Waals surface area contributed by atoms with E-state index in [4.69, 9.17) is 28.9 Å². The molecule has 2 rings (SSSR count). The summed E-state index contributed by atoms with van der Waals surface area (Å²) in [5.41, 5.74) is 3.79. The summed E-state index contributed by atoms with van der Waals surface area (Å²) in [7, 11) is 0. The Bertz CT molecular complexity index is 705. The number of hydrogen-bond donors (Lipinski definition) is 1. The van der Waals surface area contributed by atoms with Gasteiger partial charge in [-0.1, -0.05) is 23.2 Å². The second kappa shape index (κ2) is 4.84. The van der Waals surface area contributed by atoms with Crippen LogP contribution in [0.2, 0.25) is 10.0 Å². The van der Waals surface area contributed by atoms with Gasteiger partial charge in [-0.3, -0.25) is 10.1 Å². The Balaban J connectivity index is 2.80. The summed E-state index contributed by atoms with van der Waals surface area (Å²) in [6.07, 6.45) is 0.690. The summed E-state index contributed by atoms with van der Waals surface area (Å²) < 4.78 is 41.1. The topological polar surface area (TPSA) is 87.0 Å². The molecule has 0 bridgehead atoms. The molecule has 0 aliphatic carbocycles. The van der Waals surface area contributed by atoms with Crippen molar-refractivity contribution in [3.63, 3.8) is 0 Å². The Morgan fingerprint density at radius 2 is 1.80 bits per heavy atom. The molecule has 2 aromatic rings. The number of rotatable bonds is 2. The molecule has 0 unspecified atom stereocenters.